The first-order valence-electron chi connectivity index (χ1n) is 4.57. The molecule has 13 heavy (non-hydrogen) atoms. The van der Waals surface area contributed by atoms with Crippen LogP contribution in [0.1, 0.15) is 13.3 Å². The van der Waals surface area contributed by atoms with Gasteiger partial charge in [0.25, 0.3) is 0 Å². The highest BCUT2D eigenvalue weighted by Crippen LogP contribution is 2.59. The maximum Gasteiger partial charge on any atom is 0.318 e. The van der Waals surface area contributed by atoms with Crippen molar-refractivity contribution in [2.24, 2.45) is 23.2 Å². The average molecular weight is 178 g/mol. The van der Waals surface area contributed by atoms with Crippen LogP contribution in [-0.2, 0) is 14.3 Å². The number of rotatable bonds is 0. The summed E-state index contributed by atoms with van der Waals surface area (Å²) in [5, 5.41) is 0. The van der Waals surface area contributed by atoms with Gasteiger partial charge in [-0.25, -0.2) is 0 Å². The molecule has 1 saturated heterocycles. The molecule has 0 amide bonds. The minimum atomic E-state index is -0.315. The first kappa shape index (κ1) is 7.30. The van der Waals surface area contributed by atoms with Gasteiger partial charge in [0.05, 0.1) is 11.8 Å². The van der Waals surface area contributed by atoms with Crippen molar-refractivity contribution >= 4 is 11.9 Å². The van der Waals surface area contributed by atoms with Gasteiger partial charge in [-0.3, -0.25) is 9.59 Å². The lowest BCUT2D eigenvalue weighted by atomic mass is 9.76. The van der Waals surface area contributed by atoms with E-state index in [9.17, 15) is 9.59 Å². The van der Waals surface area contributed by atoms with Crippen LogP contribution in [-0.4, -0.2) is 11.9 Å². The number of allylic oxidation sites excluding steroid dienone is 2. The molecule has 0 aromatic carbocycles. The molecule has 2 bridgehead atoms. The highest BCUT2D eigenvalue weighted by Gasteiger charge is 2.63. The summed E-state index contributed by atoms with van der Waals surface area (Å²) in [6.45, 7) is 2.04. The summed E-state index contributed by atoms with van der Waals surface area (Å²) in [6.07, 6.45) is 5.06. The zero-order chi connectivity index (χ0) is 9.22. The first-order valence-corrected chi connectivity index (χ1v) is 4.57. The van der Waals surface area contributed by atoms with E-state index in [2.05, 4.69) is 16.9 Å². The first-order chi connectivity index (χ1) is 6.12. The largest absolute Gasteiger partial charge is 0.393 e. The van der Waals surface area contributed by atoms with E-state index < -0.39 is 0 Å². The Morgan fingerprint density at radius 1 is 1.46 bits per heavy atom. The molecule has 2 fully saturated rings. The molecule has 0 radical (unpaired) electrons. The highest BCUT2D eigenvalue weighted by atomic mass is 16.6. The second-order valence-corrected chi connectivity index (χ2v) is 4.48. The predicted octanol–water partition coefficient (Wildman–Crippen LogP) is 0.898. The van der Waals surface area contributed by atoms with Gasteiger partial charge in [0.1, 0.15) is 0 Å². The molecule has 3 heteroatoms. The zero-order valence-electron chi connectivity index (χ0n) is 7.32. The Bertz CT molecular complexity index is 344. The van der Waals surface area contributed by atoms with E-state index in [1.54, 1.807) is 0 Å². The van der Waals surface area contributed by atoms with E-state index in [0.717, 1.165) is 6.42 Å². The molecule has 3 aliphatic rings. The third-order valence-electron chi connectivity index (χ3n) is 3.66. The topological polar surface area (TPSA) is 43.4 Å². The molecule has 0 spiro atoms. The Hall–Kier alpha value is -1.12. The van der Waals surface area contributed by atoms with E-state index in [0.29, 0.717) is 0 Å². The number of fused-ring (bicyclic) bond motifs is 5. The predicted molar refractivity (Wildman–Crippen MR) is 43.4 cm³/mol. The Balaban J connectivity index is 2.13. The van der Waals surface area contributed by atoms with Crippen LogP contribution in [0.15, 0.2) is 12.2 Å². The van der Waals surface area contributed by atoms with Crippen LogP contribution in [0, 0.1) is 23.2 Å². The van der Waals surface area contributed by atoms with Crippen LogP contribution in [0.2, 0.25) is 0 Å². The quantitative estimate of drug-likeness (QED) is 0.314. The Morgan fingerprint density at radius 2 is 2.23 bits per heavy atom. The summed E-state index contributed by atoms with van der Waals surface area (Å²) in [7, 11) is 0. The number of carbonyl (C=O) groups excluding carboxylic acids is 2. The fourth-order valence-electron chi connectivity index (χ4n) is 3.08. The number of cyclic esters (lactones) is 2. The Labute approximate surface area is 75.8 Å². The Kier molecular flexibility index (Phi) is 1.05. The molecule has 4 atom stereocenters. The molecule has 3 rings (SSSR count). The Morgan fingerprint density at radius 3 is 2.92 bits per heavy atom. The third-order valence-corrected chi connectivity index (χ3v) is 3.66. The molecule has 1 saturated carbocycles. The van der Waals surface area contributed by atoms with Crippen LogP contribution < -0.4 is 0 Å². The van der Waals surface area contributed by atoms with Crippen molar-refractivity contribution in [3.8, 4) is 0 Å². The smallest absolute Gasteiger partial charge is 0.318 e. The van der Waals surface area contributed by atoms with Gasteiger partial charge in [-0.2, -0.15) is 0 Å². The summed E-state index contributed by atoms with van der Waals surface area (Å²) in [5.74, 6) is -0.760. The molecule has 0 N–H and O–H groups in total. The van der Waals surface area contributed by atoms with Crippen molar-refractivity contribution in [2.75, 3.05) is 0 Å². The van der Waals surface area contributed by atoms with Crippen LogP contribution in [0.25, 0.3) is 0 Å². The highest BCUT2D eigenvalue weighted by molar-refractivity contribution is 5.98. The number of hydrogen-bond acceptors (Lipinski definition) is 3. The van der Waals surface area contributed by atoms with E-state index in [1.165, 1.54) is 0 Å². The molecule has 1 aliphatic heterocycles. The number of carbonyl (C=O) groups is 2. The lowest BCUT2D eigenvalue weighted by Crippen LogP contribution is -2.28. The summed E-state index contributed by atoms with van der Waals surface area (Å²) < 4.78 is 4.66. The minimum absolute atomic E-state index is 0.113. The van der Waals surface area contributed by atoms with Gasteiger partial charge in [-0.15, -0.1) is 0 Å². The van der Waals surface area contributed by atoms with Crippen LogP contribution in [0.5, 0.6) is 0 Å². The SMILES string of the molecule is C[C@]12C=C[C@@H](C1)[C@@H]1C(=O)OC(=O)[C@H]12. The molecular weight excluding hydrogens is 168 g/mol. The second kappa shape index (κ2) is 1.86. The lowest BCUT2D eigenvalue weighted by Gasteiger charge is -2.23. The third kappa shape index (κ3) is 0.666. The van der Waals surface area contributed by atoms with Crippen molar-refractivity contribution in [2.45, 2.75) is 13.3 Å². The van der Waals surface area contributed by atoms with E-state index in [-0.39, 0.29) is 35.1 Å². The monoisotopic (exact) mass is 178 g/mol. The second-order valence-electron chi connectivity index (χ2n) is 4.48. The van der Waals surface area contributed by atoms with Gasteiger partial charge in [-0.05, 0) is 12.3 Å². The van der Waals surface area contributed by atoms with Gasteiger partial charge in [0.2, 0.25) is 0 Å². The van der Waals surface area contributed by atoms with Crippen molar-refractivity contribution in [1.29, 1.82) is 0 Å². The van der Waals surface area contributed by atoms with Crippen molar-refractivity contribution in [3.05, 3.63) is 12.2 Å². The van der Waals surface area contributed by atoms with E-state index in [1.807, 2.05) is 6.92 Å². The van der Waals surface area contributed by atoms with Gasteiger partial charge < -0.3 is 4.74 Å². The van der Waals surface area contributed by atoms with E-state index >= 15 is 0 Å². The summed E-state index contributed by atoms with van der Waals surface area (Å²) in [5.41, 5.74) is -0.113. The van der Waals surface area contributed by atoms with Crippen molar-refractivity contribution in [1.82, 2.24) is 0 Å². The molecule has 2 aliphatic carbocycles. The van der Waals surface area contributed by atoms with Crippen LogP contribution in [0.4, 0.5) is 0 Å². The molecular formula is C10H10O3. The summed E-state index contributed by atoms with van der Waals surface area (Å²) in [4.78, 5) is 22.7. The lowest BCUT2D eigenvalue weighted by molar-refractivity contribution is -0.155. The molecule has 0 aromatic heterocycles. The van der Waals surface area contributed by atoms with E-state index in [4.69, 9.17) is 0 Å². The summed E-state index contributed by atoms with van der Waals surface area (Å²) in [6, 6.07) is 0. The van der Waals surface area contributed by atoms with Crippen LogP contribution in [0.3, 0.4) is 0 Å². The number of hydrogen-bond donors (Lipinski definition) is 0. The molecule has 3 nitrogen and oxygen atoms in total. The van der Waals surface area contributed by atoms with Gasteiger partial charge in [0, 0.05) is 5.41 Å². The average Bonchev–Trinajstić information content (AvgIpc) is 2.62. The van der Waals surface area contributed by atoms with Crippen molar-refractivity contribution in [3.63, 3.8) is 0 Å². The molecule has 1 heterocycles. The normalized spacial score (nSPS) is 51.3. The van der Waals surface area contributed by atoms with Crippen LogP contribution >= 0.6 is 0 Å². The van der Waals surface area contributed by atoms with Gasteiger partial charge in [-0.1, -0.05) is 19.1 Å². The molecule has 0 aromatic rings. The maximum absolute atomic E-state index is 11.4. The number of esters is 2. The fourth-order valence-corrected chi connectivity index (χ4v) is 3.08. The standard InChI is InChI=1S/C10H10O3/c1-10-3-2-5(4-10)6-7(10)9(12)13-8(6)11/h2-3,5-7H,4H2,1H3/t5-,6-,7-,10-/m0/s1. The minimum Gasteiger partial charge on any atom is -0.393 e. The fraction of sp³-hybridized carbons (Fsp3) is 0.600. The number of ether oxygens (including phenoxy) is 1. The summed E-state index contributed by atoms with van der Waals surface area (Å²) >= 11 is 0. The maximum atomic E-state index is 11.4. The van der Waals surface area contributed by atoms with Gasteiger partial charge in [0.15, 0.2) is 0 Å². The molecule has 0 unspecified atom stereocenters. The zero-order valence-corrected chi connectivity index (χ0v) is 7.32. The van der Waals surface area contributed by atoms with Crippen molar-refractivity contribution < 1.29 is 14.3 Å². The van der Waals surface area contributed by atoms with Gasteiger partial charge >= 0.3 is 11.9 Å². The molecule has 68 valence electrons.